The molecule has 3 nitrogen and oxygen atoms in total. The zero-order valence-corrected chi connectivity index (χ0v) is 16.5. The second-order valence-corrected chi connectivity index (χ2v) is 8.04. The van der Waals surface area contributed by atoms with Crippen LogP contribution in [0.3, 0.4) is 0 Å². The van der Waals surface area contributed by atoms with Crippen LogP contribution in [0.5, 0.6) is 0 Å². The monoisotopic (exact) mass is 361 g/mol. The van der Waals surface area contributed by atoms with Crippen LogP contribution in [0, 0.1) is 5.92 Å². The SMILES string of the molecule is CNCCCN(C)C1=CC=C2CC(Cl)=CC=C2N1CC1CCCCC1. The molecule has 25 heavy (non-hydrogen) atoms. The lowest BCUT2D eigenvalue weighted by atomic mass is 9.88. The molecule has 1 saturated carbocycles. The third-order valence-corrected chi connectivity index (χ3v) is 5.85. The molecule has 2 aliphatic carbocycles. The first-order valence-corrected chi connectivity index (χ1v) is 10.2. The van der Waals surface area contributed by atoms with Crippen LogP contribution in [0.2, 0.25) is 0 Å². The molecule has 0 aromatic heterocycles. The molecule has 1 fully saturated rings. The first kappa shape index (κ1) is 18.6. The highest BCUT2D eigenvalue weighted by Crippen LogP contribution is 2.37. The fourth-order valence-corrected chi connectivity index (χ4v) is 4.37. The zero-order chi connectivity index (χ0) is 17.6. The van der Waals surface area contributed by atoms with Gasteiger partial charge < -0.3 is 15.1 Å². The second-order valence-electron chi connectivity index (χ2n) is 7.55. The number of halogens is 1. The number of nitrogens with zero attached hydrogens (tertiary/aromatic N) is 2. The molecule has 0 aromatic carbocycles. The second kappa shape index (κ2) is 8.95. The van der Waals surface area contributed by atoms with Crippen molar-refractivity contribution in [2.75, 3.05) is 33.7 Å². The van der Waals surface area contributed by atoms with Gasteiger partial charge in [0.2, 0.25) is 0 Å². The zero-order valence-electron chi connectivity index (χ0n) is 15.7. The van der Waals surface area contributed by atoms with Crippen molar-refractivity contribution in [3.8, 4) is 0 Å². The van der Waals surface area contributed by atoms with Gasteiger partial charge in [-0.15, -0.1) is 0 Å². The summed E-state index contributed by atoms with van der Waals surface area (Å²) in [7, 11) is 4.24. The molecule has 4 heteroatoms. The Labute approximate surface area is 158 Å². The highest BCUT2D eigenvalue weighted by molar-refractivity contribution is 6.30. The van der Waals surface area contributed by atoms with E-state index in [0.717, 1.165) is 43.4 Å². The Morgan fingerprint density at radius 3 is 2.72 bits per heavy atom. The predicted molar refractivity (Wildman–Crippen MR) is 107 cm³/mol. The normalized spacial score (nSPS) is 21.2. The molecule has 0 spiro atoms. The largest absolute Gasteiger partial charge is 0.361 e. The molecule has 0 saturated heterocycles. The Kier molecular flexibility index (Phi) is 6.66. The van der Waals surface area contributed by atoms with Crippen LogP contribution in [0.25, 0.3) is 0 Å². The summed E-state index contributed by atoms with van der Waals surface area (Å²) in [5, 5.41) is 4.18. The highest BCUT2D eigenvalue weighted by atomic mass is 35.5. The summed E-state index contributed by atoms with van der Waals surface area (Å²) < 4.78 is 0. The van der Waals surface area contributed by atoms with Crippen LogP contribution in [-0.4, -0.2) is 43.5 Å². The standard InChI is InChI=1S/C21H32ClN3/c1-23-13-6-14-24(2)21-12-9-18-15-19(22)10-11-20(18)25(21)16-17-7-4-3-5-8-17/h9-12,17,23H,3-8,13-16H2,1-2H3. The van der Waals surface area contributed by atoms with Gasteiger partial charge in [0.05, 0.1) is 0 Å². The molecule has 0 aromatic rings. The number of fused-ring (bicyclic) bond motifs is 1. The Morgan fingerprint density at radius 2 is 1.96 bits per heavy atom. The van der Waals surface area contributed by atoms with Crippen molar-refractivity contribution in [1.82, 2.24) is 15.1 Å². The van der Waals surface area contributed by atoms with Crippen molar-refractivity contribution in [1.29, 1.82) is 0 Å². The quantitative estimate of drug-likeness (QED) is 0.668. The molecule has 3 aliphatic rings. The Hall–Kier alpha value is -1.19. The number of nitrogens with one attached hydrogen (secondary N) is 1. The van der Waals surface area contributed by atoms with Gasteiger partial charge in [-0.05, 0) is 62.6 Å². The van der Waals surface area contributed by atoms with Crippen LogP contribution in [0.4, 0.5) is 0 Å². The molecule has 1 N–H and O–H groups in total. The first-order valence-electron chi connectivity index (χ1n) is 9.80. The molecular formula is C21H32ClN3. The molecule has 0 unspecified atom stereocenters. The summed E-state index contributed by atoms with van der Waals surface area (Å²) in [6.45, 7) is 3.26. The number of allylic oxidation sites excluding steroid dienone is 6. The van der Waals surface area contributed by atoms with Crippen LogP contribution >= 0.6 is 11.6 Å². The van der Waals surface area contributed by atoms with Crippen molar-refractivity contribution in [3.05, 3.63) is 46.4 Å². The lowest BCUT2D eigenvalue weighted by Gasteiger charge is -2.41. The summed E-state index contributed by atoms with van der Waals surface area (Å²) in [6, 6.07) is 0. The third kappa shape index (κ3) is 4.71. The van der Waals surface area contributed by atoms with Gasteiger partial charge in [-0.25, -0.2) is 0 Å². The van der Waals surface area contributed by atoms with E-state index in [-0.39, 0.29) is 0 Å². The predicted octanol–water partition coefficient (Wildman–Crippen LogP) is 4.60. The van der Waals surface area contributed by atoms with E-state index < -0.39 is 0 Å². The van der Waals surface area contributed by atoms with E-state index in [0.29, 0.717) is 0 Å². The van der Waals surface area contributed by atoms with Gasteiger partial charge in [0, 0.05) is 37.3 Å². The minimum absolute atomic E-state index is 0.810. The van der Waals surface area contributed by atoms with Gasteiger partial charge in [-0.1, -0.05) is 36.9 Å². The van der Waals surface area contributed by atoms with Gasteiger partial charge in [0.15, 0.2) is 0 Å². The average molecular weight is 362 g/mol. The molecule has 1 aliphatic heterocycles. The lowest BCUT2D eigenvalue weighted by Crippen LogP contribution is -2.39. The van der Waals surface area contributed by atoms with E-state index >= 15 is 0 Å². The summed E-state index contributed by atoms with van der Waals surface area (Å²) in [6.07, 6.45) is 17.8. The first-order chi connectivity index (χ1) is 12.2. The minimum atomic E-state index is 0.810. The van der Waals surface area contributed by atoms with Crippen molar-refractivity contribution in [2.24, 2.45) is 5.92 Å². The fraction of sp³-hybridized carbons (Fsp3) is 0.619. The van der Waals surface area contributed by atoms with Crippen molar-refractivity contribution >= 4 is 11.6 Å². The molecule has 1 heterocycles. The molecule has 3 rings (SSSR count). The van der Waals surface area contributed by atoms with E-state index in [1.807, 2.05) is 7.05 Å². The van der Waals surface area contributed by atoms with E-state index in [4.69, 9.17) is 11.6 Å². The number of hydrogen-bond acceptors (Lipinski definition) is 3. The van der Waals surface area contributed by atoms with Crippen LogP contribution in [-0.2, 0) is 0 Å². The molecular weight excluding hydrogens is 330 g/mol. The van der Waals surface area contributed by atoms with E-state index in [9.17, 15) is 0 Å². The van der Waals surface area contributed by atoms with Crippen molar-refractivity contribution in [2.45, 2.75) is 44.9 Å². The van der Waals surface area contributed by atoms with E-state index in [2.05, 4.69) is 46.5 Å². The number of hydrogen-bond donors (Lipinski definition) is 1. The number of rotatable bonds is 7. The maximum absolute atomic E-state index is 6.28. The van der Waals surface area contributed by atoms with Crippen molar-refractivity contribution < 1.29 is 0 Å². The van der Waals surface area contributed by atoms with Gasteiger partial charge in [-0.2, -0.15) is 0 Å². The maximum Gasteiger partial charge on any atom is 0.108 e. The molecule has 0 bridgehead atoms. The van der Waals surface area contributed by atoms with Crippen LogP contribution in [0.1, 0.15) is 44.9 Å². The topological polar surface area (TPSA) is 18.5 Å². The minimum Gasteiger partial charge on any atom is -0.361 e. The van der Waals surface area contributed by atoms with E-state index in [1.54, 1.807) is 0 Å². The fourth-order valence-electron chi connectivity index (χ4n) is 4.16. The third-order valence-electron chi connectivity index (χ3n) is 5.59. The van der Waals surface area contributed by atoms with Crippen LogP contribution in [0.15, 0.2) is 46.4 Å². The Balaban J connectivity index is 1.78. The van der Waals surface area contributed by atoms with Gasteiger partial charge in [-0.3, -0.25) is 0 Å². The smallest absolute Gasteiger partial charge is 0.108 e. The van der Waals surface area contributed by atoms with Crippen LogP contribution < -0.4 is 5.32 Å². The summed E-state index contributed by atoms with van der Waals surface area (Å²) >= 11 is 6.28. The average Bonchev–Trinajstić information content (AvgIpc) is 2.62. The Bertz CT molecular complexity index is 582. The molecule has 0 amide bonds. The summed E-state index contributed by atoms with van der Waals surface area (Å²) in [4.78, 5) is 4.97. The molecule has 0 atom stereocenters. The van der Waals surface area contributed by atoms with Gasteiger partial charge in [0.1, 0.15) is 5.82 Å². The van der Waals surface area contributed by atoms with Crippen molar-refractivity contribution in [3.63, 3.8) is 0 Å². The Morgan fingerprint density at radius 1 is 1.16 bits per heavy atom. The van der Waals surface area contributed by atoms with E-state index in [1.165, 1.54) is 49.2 Å². The van der Waals surface area contributed by atoms with Gasteiger partial charge in [0.25, 0.3) is 0 Å². The highest BCUT2D eigenvalue weighted by Gasteiger charge is 2.28. The maximum atomic E-state index is 6.28. The molecule has 138 valence electrons. The summed E-state index contributed by atoms with van der Waals surface area (Å²) in [5.41, 5.74) is 2.71. The lowest BCUT2D eigenvalue weighted by molar-refractivity contribution is 0.218. The van der Waals surface area contributed by atoms with Gasteiger partial charge >= 0.3 is 0 Å². The molecule has 0 radical (unpaired) electrons. The summed E-state index contributed by atoms with van der Waals surface area (Å²) in [5.74, 6) is 2.15.